The second-order valence-electron chi connectivity index (χ2n) is 7.15. The average molecular weight is 286 g/mol. The van der Waals surface area contributed by atoms with Crippen molar-refractivity contribution in [3.8, 4) is 0 Å². The van der Waals surface area contributed by atoms with Crippen molar-refractivity contribution in [3.05, 3.63) is 29.6 Å². The Bertz CT molecular complexity index is 449. The van der Waals surface area contributed by atoms with Crippen LogP contribution in [0.15, 0.2) is 18.3 Å². The lowest BCUT2D eigenvalue weighted by atomic mass is 9.71. The first kappa shape index (κ1) is 15.0. The summed E-state index contributed by atoms with van der Waals surface area (Å²) in [7, 11) is 0. The Labute approximate surface area is 129 Å². The van der Waals surface area contributed by atoms with E-state index in [0.29, 0.717) is 12.0 Å². The van der Waals surface area contributed by atoms with Crippen LogP contribution in [0, 0.1) is 11.8 Å². The molecule has 0 aromatic carbocycles. The molecule has 1 aromatic heterocycles. The zero-order valence-corrected chi connectivity index (χ0v) is 13.6. The van der Waals surface area contributed by atoms with Crippen LogP contribution in [0.25, 0.3) is 0 Å². The number of nitrogens with one attached hydrogen (secondary N) is 1. The van der Waals surface area contributed by atoms with Gasteiger partial charge in [-0.05, 0) is 62.1 Å². The molecule has 0 saturated heterocycles. The summed E-state index contributed by atoms with van der Waals surface area (Å²) in [5.41, 5.74) is 2.90. The van der Waals surface area contributed by atoms with E-state index in [4.69, 9.17) is 4.98 Å². The number of aromatic nitrogens is 1. The van der Waals surface area contributed by atoms with E-state index in [0.717, 1.165) is 18.4 Å². The van der Waals surface area contributed by atoms with Gasteiger partial charge in [0.2, 0.25) is 0 Å². The van der Waals surface area contributed by atoms with Gasteiger partial charge in [0.05, 0.1) is 0 Å². The van der Waals surface area contributed by atoms with Gasteiger partial charge in [-0.25, -0.2) is 0 Å². The summed E-state index contributed by atoms with van der Waals surface area (Å²) in [5.74, 6) is 2.41. The fourth-order valence-corrected chi connectivity index (χ4v) is 4.51. The van der Waals surface area contributed by atoms with E-state index in [-0.39, 0.29) is 0 Å². The molecular weight excluding hydrogens is 256 g/mol. The number of aryl methyl sites for hydroxylation is 1. The fraction of sp³-hybridized carbons (Fsp3) is 0.737. The number of hydrogen-bond acceptors (Lipinski definition) is 2. The van der Waals surface area contributed by atoms with Gasteiger partial charge >= 0.3 is 0 Å². The molecule has 2 aliphatic rings. The molecule has 0 radical (unpaired) electrons. The number of hydrogen-bond donors (Lipinski definition) is 1. The van der Waals surface area contributed by atoms with Gasteiger partial charge < -0.3 is 5.32 Å². The van der Waals surface area contributed by atoms with Gasteiger partial charge in [-0.2, -0.15) is 0 Å². The number of likely N-dealkylation sites (N-methyl/N-ethyl adjacent to an activating group) is 1. The maximum absolute atomic E-state index is 4.77. The molecule has 1 saturated carbocycles. The van der Waals surface area contributed by atoms with E-state index >= 15 is 0 Å². The highest BCUT2D eigenvalue weighted by Crippen LogP contribution is 2.40. The van der Waals surface area contributed by atoms with Crippen molar-refractivity contribution in [1.29, 1.82) is 0 Å². The summed E-state index contributed by atoms with van der Waals surface area (Å²) in [4.78, 5) is 4.77. The maximum Gasteiger partial charge on any atom is 0.0482 e. The van der Waals surface area contributed by atoms with E-state index in [9.17, 15) is 0 Å². The minimum absolute atomic E-state index is 0.633. The van der Waals surface area contributed by atoms with E-state index in [1.165, 1.54) is 56.2 Å². The zero-order valence-electron chi connectivity index (χ0n) is 13.6. The van der Waals surface area contributed by atoms with Crippen molar-refractivity contribution in [2.24, 2.45) is 11.8 Å². The Balaban J connectivity index is 1.81. The Kier molecular flexibility index (Phi) is 4.95. The Hall–Kier alpha value is -0.890. The first-order valence-corrected chi connectivity index (χ1v) is 8.96. The Morgan fingerprint density at radius 2 is 2.05 bits per heavy atom. The van der Waals surface area contributed by atoms with Gasteiger partial charge in [-0.1, -0.05) is 32.8 Å². The van der Waals surface area contributed by atoms with Crippen molar-refractivity contribution in [2.75, 3.05) is 6.54 Å². The van der Waals surface area contributed by atoms with Crippen LogP contribution >= 0.6 is 0 Å². The minimum Gasteiger partial charge on any atom is -0.313 e. The molecule has 2 unspecified atom stereocenters. The third kappa shape index (κ3) is 3.31. The molecule has 2 heteroatoms. The van der Waals surface area contributed by atoms with Crippen molar-refractivity contribution in [2.45, 2.75) is 70.8 Å². The fourth-order valence-electron chi connectivity index (χ4n) is 4.51. The molecular formula is C19H30N2. The predicted octanol–water partition coefficient (Wildman–Crippen LogP) is 4.31. The van der Waals surface area contributed by atoms with Gasteiger partial charge in [0, 0.05) is 23.9 Å². The van der Waals surface area contributed by atoms with E-state index in [1.54, 1.807) is 0 Å². The molecule has 0 bridgehead atoms. The summed E-state index contributed by atoms with van der Waals surface area (Å²) in [6.07, 6.45) is 11.5. The standard InChI is InChI=1S/C19H30N2/c1-3-20-18(16-11-9-14(2)10-12-16)17-8-4-6-15-7-5-13-21-19(15)17/h5,7,13-14,16-18,20H,3-4,6,8-12H2,1-2H3. The van der Waals surface area contributed by atoms with Crippen LogP contribution in [0.4, 0.5) is 0 Å². The van der Waals surface area contributed by atoms with Crippen LogP contribution in [0.2, 0.25) is 0 Å². The molecule has 1 aromatic rings. The predicted molar refractivity (Wildman–Crippen MR) is 88.5 cm³/mol. The molecule has 21 heavy (non-hydrogen) atoms. The molecule has 2 aliphatic carbocycles. The Morgan fingerprint density at radius 3 is 2.81 bits per heavy atom. The SMILES string of the molecule is CCNC(C1CCC(C)CC1)C1CCCc2cccnc21. The van der Waals surface area contributed by atoms with Crippen LogP contribution in [0.3, 0.4) is 0 Å². The van der Waals surface area contributed by atoms with E-state index < -0.39 is 0 Å². The quantitative estimate of drug-likeness (QED) is 0.892. The lowest BCUT2D eigenvalue weighted by Crippen LogP contribution is -2.43. The number of fused-ring (bicyclic) bond motifs is 1. The normalized spacial score (nSPS) is 30.7. The molecule has 2 atom stereocenters. The zero-order chi connectivity index (χ0) is 14.7. The van der Waals surface area contributed by atoms with Crippen LogP contribution in [0.1, 0.15) is 69.5 Å². The average Bonchev–Trinajstić information content (AvgIpc) is 2.53. The van der Waals surface area contributed by atoms with Crippen LogP contribution in [0.5, 0.6) is 0 Å². The lowest BCUT2D eigenvalue weighted by molar-refractivity contribution is 0.201. The number of nitrogens with zero attached hydrogens (tertiary/aromatic N) is 1. The van der Waals surface area contributed by atoms with Crippen molar-refractivity contribution in [3.63, 3.8) is 0 Å². The van der Waals surface area contributed by atoms with Crippen molar-refractivity contribution in [1.82, 2.24) is 10.3 Å². The van der Waals surface area contributed by atoms with Gasteiger partial charge in [0.15, 0.2) is 0 Å². The molecule has 0 aliphatic heterocycles. The van der Waals surface area contributed by atoms with Crippen LogP contribution < -0.4 is 5.32 Å². The molecule has 3 rings (SSSR count). The molecule has 1 N–H and O–H groups in total. The highest BCUT2D eigenvalue weighted by Gasteiger charge is 2.35. The second kappa shape index (κ2) is 6.91. The van der Waals surface area contributed by atoms with Crippen molar-refractivity contribution < 1.29 is 0 Å². The number of rotatable bonds is 4. The second-order valence-corrected chi connectivity index (χ2v) is 7.15. The molecule has 0 spiro atoms. The largest absolute Gasteiger partial charge is 0.313 e. The van der Waals surface area contributed by atoms with Crippen molar-refractivity contribution >= 4 is 0 Å². The smallest absolute Gasteiger partial charge is 0.0482 e. The summed E-state index contributed by atoms with van der Waals surface area (Å²) < 4.78 is 0. The molecule has 1 heterocycles. The van der Waals surface area contributed by atoms with E-state index in [1.807, 2.05) is 6.20 Å². The first-order valence-electron chi connectivity index (χ1n) is 8.96. The highest BCUT2D eigenvalue weighted by atomic mass is 14.9. The first-order chi connectivity index (χ1) is 10.3. The van der Waals surface area contributed by atoms with Gasteiger partial charge in [0.25, 0.3) is 0 Å². The van der Waals surface area contributed by atoms with Gasteiger partial charge in [-0.15, -0.1) is 0 Å². The summed E-state index contributed by atoms with van der Waals surface area (Å²) in [6, 6.07) is 5.03. The summed E-state index contributed by atoms with van der Waals surface area (Å²) >= 11 is 0. The van der Waals surface area contributed by atoms with Gasteiger partial charge in [0.1, 0.15) is 0 Å². The van der Waals surface area contributed by atoms with Crippen LogP contribution in [-0.2, 0) is 6.42 Å². The highest BCUT2D eigenvalue weighted by molar-refractivity contribution is 5.27. The van der Waals surface area contributed by atoms with E-state index in [2.05, 4.69) is 31.3 Å². The van der Waals surface area contributed by atoms with Gasteiger partial charge in [-0.3, -0.25) is 4.98 Å². The van der Waals surface area contributed by atoms with Crippen LogP contribution in [-0.4, -0.2) is 17.6 Å². The third-order valence-corrected chi connectivity index (χ3v) is 5.68. The molecule has 1 fully saturated rings. The lowest BCUT2D eigenvalue weighted by Gasteiger charge is -2.39. The maximum atomic E-state index is 4.77. The summed E-state index contributed by atoms with van der Waals surface area (Å²) in [6.45, 7) is 5.74. The summed E-state index contributed by atoms with van der Waals surface area (Å²) in [5, 5.41) is 3.84. The number of pyridine rings is 1. The monoisotopic (exact) mass is 286 g/mol. The molecule has 116 valence electrons. The molecule has 2 nitrogen and oxygen atoms in total. The molecule has 0 amide bonds. The topological polar surface area (TPSA) is 24.9 Å². The third-order valence-electron chi connectivity index (χ3n) is 5.68. The Morgan fingerprint density at radius 1 is 1.24 bits per heavy atom. The minimum atomic E-state index is 0.633.